The number of rotatable bonds is 8. The van der Waals surface area contributed by atoms with Gasteiger partial charge in [0.25, 0.3) is 0 Å². The molecule has 0 radical (unpaired) electrons. The monoisotopic (exact) mass is 230 g/mol. The van der Waals surface area contributed by atoms with Crippen molar-refractivity contribution in [1.29, 1.82) is 0 Å². The fourth-order valence-corrected chi connectivity index (χ4v) is 1.07. The first-order valence-corrected chi connectivity index (χ1v) is 5.99. The third-order valence-electron chi connectivity index (χ3n) is 2.32. The van der Waals surface area contributed by atoms with Crippen LogP contribution >= 0.6 is 0 Å². The molecule has 0 bridgehead atoms. The molecule has 0 rings (SSSR count). The maximum atomic E-state index is 11.5. The minimum atomic E-state index is 0.124. The lowest BCUT2D eigenvalue weighted by atomic mass is 10.2. The Balaban J connectivity index is 3.41. The molecule has 0 aliphatic heterocycles. The predicted molar refractivity (Wildman–Crippen MR) is 66.4 cm³/mol. The van der Waals surface area contributed by atoms with Gasteiger partial charge in [-0.05, 0) is 19.8 Å². The summed E-state index contributed by atoms with van der Waals surface area (Å²) in [6.45, 7) is 10.8. The number of hydrogen-bond donors (Lipinski definition) is 1. The summed E-state index contributed by atoms with van der Waals surface area (Å²) in [4.78, 5) is 13.3. The molecule has 0 fully saturated rings. The van der Waals surface area contributed by atoms with Gasteiger partial charge in [0.05, 0.1) is 13.2 Å². The largest absolute Gasteiger partial charge is 0.380 e. The maximum Gasteiger partial charge on any atom is 0.236 e. The van der Waals surface area contributed by atoms with Crippen LogP contribution in [0.5, 0.6) is 0 Å². The van der Waals surface area contributed by atoms with Crippen LogP contribution in [0.3, 0.4) is 0 Å². The van der Waals surface area contributed by atoms with Crippen LogP contribution in [-0.2, 0) is 9.53 Å². The second-order valence-electron chi connectivity index (χ2n) is 4.74. The van der Waals surface area contributed by atoms with Crippen molar-refractivity contribution in [2.75, 3.05) is 33.4 Å². The number of likely N-dealkylation sites (N-methyl/N-ethyl adjacent to an activating group) is 1. The molecule has 0 spiro atoms. The van der Waals surface area contributed by atoms with Crippen LogP contribution in [0.1, 0.15) is 27.7 Å². The molecule has 4 nitrogen and oxygen atoms in total. The maximum absolute atomic E-state index is 11.5. The molecule has 0 unspecified atom stereocenters. The van der Waals surface area contributed by atoms with Crippen molar-refractivity contribution in [1.82, 2.24) is 10.2 Å². The highest BCUT2D eigenvalue weighted by molar-refractivity contribution is 5.78. The summed E-state index contributed by atoms with van der Waals surface area (Å²) in [7, 11) is 1.82. The number of ether oxygens (including phenoxy) is 1. The molecule has 4 heteroatoms. The molecule has 96 valence electrons. The van der Waals surface area contributed by atoms with Gasteiger partial charge in [0.2, 0.25) is 5.91 Å². The molecule has 1 amide bonds. The number of carbonyl (C=O) groups excluding carboxylic acids is 1. The third-order valence-corrected chi connectivity index (χ3v) is 2.32. The van der Waals surface area contributed by atoms with Gasteiger partial charge in [0.15, 0.2) is 0 Å². The van der Waals surface area contributed by atoms with Crippen LogP contribution in [0.2, 0.25) is 0 Å². The van der Waals surface area contributed by atoms with Gasteiger partial charge in [0, 0.05) is 26.2 Å². The van der Waals surface area contributed by atoms with Crippen LogP contribution in [-0.4, -0.2) is 50.2 Å². The van der Waals surface area contributed by atoms with Gasteiger partial charge in [-0.2, -0.15) is 0 Å². The number of amides is 1. The smallest absolute Gasteiger partial charge is 0.236 e. The zero-order valence-corrected chi connectivity index (χ0v) is 11.2. The molecule has 0 saturated carbocycles. The van der Waals surface area contributed by atoms with Crippen LogP contribution in [0.25, 0.3) is 0 Å². The highest BCUT2D eigenvalue weighted by Gasteiger charge is 2.10. The van der Waals surface area contributed by atoms with Crippen molar-refractivity contribution in [2.24, 2.45) is 5.92 Å². The Morgan fingerprint density at radius 1 is 1.31 bits per heavy atom. The molecule has 0 aromatic rings. The summed E-state index contributed by atoms with van der Waals surface area (Å²) in [5.41, 5.74) is 0. The van der Waals surface area contributed by atoms with Gasteiger partial charge in [-0.1, -0.05) is 13.8 Å². The van der Waals surface area contributed by atoms with Crippen LogP contribution in [0.15, 0.2) is 0 Å². The zero-order chi connectivity index (χ0) is 12.6. The van der Waals surface area contributed by atoms with Crippen molar-refractivity contribution in [3.8, 4) is 0 Å². The van der Waals surface area contributed by atoms with E-state index in [0.717, 1.165) is 13.2 Å². The SMILES string of the molecule is CC(C)COCCNCC(=O)N(C)C(C)C. The standard InChI is InChI=1S/C12H26N2O2/c1-10(2)9-16-7-6-13-8-12(15)14(5)11(3)4/h10-11,13H,6-9H2,1-5H3. The molecule has 0 atom stereocenters. The van der Waals surface area contributed by atoms with E-state index in [9.17, 15) is 4.79 Å². The topological polar surface area (TPSA) is 41.6 Å². The summed E-state index contributed by atoms with van der Waals surface area (Å²) >= 11 is 0. The van der Waals surface area contributed by atoms with Crippen LogP contribution in [0.4, 0.5) is 0 Å². The Labute approximate surface area is 99.3 Å². The summed E-state index contributed by atoms with van der Waals surface area (Å²) < 4.78 is 5.40. The van der Waals surface area contributed by atoms with E-state index in [0.29, 0.717) is 19.1 Å². The minimum absolute atomic E-state index is 0.124. The fourth-order valence-electron chi connectivity index (χ4n) is 1.07. The Hall–Kier alpha value is -0.610. The Morgan fingerprint density at radius 3 is 2.44 bits per heavy atom. The van der Waals surface area contributed by atoms with Gasteiger partial charge in [-0.3, -0.25) is 4.79 Å². The van der Waals surface area contributed by atoms with Crippen LogP contribution in [0, 0.1) is 5.92 Å². The van der Waals surface area contributed by atoms with Crippen molar-refractivity contribution in [2.45, 2.75) is 33.7 Å². The summed E-state index contributed by atoms with van der Waals surface area (Å²) in [5, 5.41) is 3.08. The van der Waals surface area contributed by atoms with E-state index in [-0.39, 0.29) is 11.9 Å². The first-order chi connectivity index (χ1) is 7.45. The average molecular weight is 230 g/mol. The van der Waals surface area contributed by atoms with Crippen molar-refractivity contribution in [3.05, 3.63) is 0 Å². The first kappa shape index (κ1) is 15.4. The van der Waals surface area contributed by atoms with E-state index in [4.69, 9.17) is 4.74 Å². The molecule has 0 aliphatic carbocycles. The molecule has 1 N–H and O–H groups in total. The minimum Gasteiger partial charge on any atom is -0.380 e. The fraction of sp³-hybridized carbons (Fsp3) is 0.917. The molecule has 0 aromatic carbocycles. The first-order valence-electron chi connectivity index (χ1n) is 5.99. The number of nitrogens with zero attached hydrogens (tertiary/aromatic N) is 1. The zero-order valence-electron chi connectivity index (χ0n) is 11.2. The predicted octanol–water partition coefficient (Wildman–Crippen LogP) is 1.12. The van der Waals surface area contributed by atoms with E-state index in [1.165, 1.54) is 0 Å². The summed E-state index contributed by atoms with van der Waals surface area (Å²) in [5.74, 6) is 0.688. The molecule has 0 aliphatic rings. The normalized spacial score (nSPS) is 11.2. The molecular formula is C12H26N2O2. The molecule has 16 heavy (non-hydrogen) atoms. The molecular weight excluding hydrogens is 204 g/mol. The van der Waals surface area contributed by atoms with Gasteiger partial charge >= 0.3 is 0 Å². The highest BCUT2D eigenvalue weighted by atomic mass is 16.5. The Kier molecular flexibility index (Phi) is 8.21. The molecule has 0 saturated heterocycles. The van der Waals surface area contributed by atoms with Crippen LogP contribution < -0.4 is 5.32 Å². The lowest BCUT2D eigenvalue weighted by Gasteiger charge is -2.21. The second kappa shape index (κ2) is 8.53. The number of nitrogens with one attached hydrogen (secondary N) is 1. The highest BCUT2D eigenvalue weighted by Crippen LogP contribution is 1.93. The molecule has 0 aromatic heterocycles. The van der Waals surface area contributed by atoms with Crippen molar-refractivity contribution >= 4 is 5.91 Å². The summed E-state index contributed by atoms with van der Waals surface area (Å²) in [6, 6.07) is 0.256. The van der Waals surface area contributed by atoms with Gasteiger partial charge in [0.1, 0.15) is 0 Å². The average Bonchev–Trinajstić information content (AvgIpc) is 2.21. The Morgan fingerprint density at radius 2 is 1.94 bits per heavy atom. The quantitative estimate of drug-likeness (QED) is 0.635. The van der Waals surface area contributed by atoms with E-state index >= 15 is 0 Å². The van der Waals surface area contributed by atoms with Gasteiger partial charge < -0.3 is 15.0 Å². The third kappa shape index (κ3) is 7.65. The second-order valence-corrected chi connectivity index (χ2v) is 4.74. The van der Waals surface area contributed by atoms with Crippen molar-refractivity contribution in [3.63, 3.8) is 0 Å². The van der Waals surface area contributed by atoms with Gasteiger partial charge in [-0.25, -0.2) is 0 Å². The Bertz CT molecular complexity index is 193. The van der Waals surface area contributed by atoms with Crippen molar-refractivity contribution < 1.29 is 9.53 Å². The van der Waals surface area contributed by atoms with E-state index < -0.39 is 0 Å². The number of carbonyl (C=O) groups is 1. The van der Waals surface area contributed by atoms with E-state index in [1.807, 2.05) is 20.9 Å². The summed E-state index contributed by atoms with van der Waals surface area (Å²) in [6.07, 6.45) is 0. The van der Waals surface area contributed by atoms with E-state index in [1.54, 1.807) is 4.90 Å². The molecule has 0 heterocycles. The lowest BCUT2D eigenvalue weighted by Crippen LogP contribution is -2.40. The number of hydrogen-bond acceptors (Lipinski definition) is 3. The van der Waals surface area contributed by atoms with Gasteiger partial charge in [-0.15, -0.1) is 0 Å². The lowest BCUT2D eigenvalue weighted by molar-refractivity contribution is -0.130. The van der Waals surface area contributed by atoms with E-state index in [2.05, 4.69) is 19.2 Å².